The molecular weight excluding hydrogens is 480 g/mol. The van der Waals surface area contributed by atoms with Crippen LogP contribution in [-0.4, -0.2) is 73.9 Å². The van der Waals surface area contributed by atoms with Crippen LogP contribution in [0.15, 0.2) is 51.7 Å². The molecule has 1 fully saturated rings. The lowest BCUT2D eigenvalue weighted by Gasteiger charge is -2.39. The third kappa shape index (κ3) is 5.27. The minimum atomic E-state index is -1.70. The highest BCUT2D eigenvalue weighted by Gasteiger charge is 2.44. The Morgan fingerprint density at radius 1 is 1.00 bits per heavy atom. The molecule has 1 aromatic heterocycles. The van der Waals surface area contributed by atoms with Gasteiger partial charge in [0.05, 0.1) is 6.61 Å². The lowest BCUT2D eigenvalue weighted by molar-refractivity contribution is -0.277. The zero-order valence-corrected chi connectivity index (χ0v) is 18.7. The number of carboxylic acid groups (broad SMARTS) is 1. The molecule has 0 aliphatic carbocycles. The van der Waals surface area contributed by atoms with E-state index in [9.17, 15) is 35.1 Å². The number of phenolic OH excluding ortho intramolecular Hbond substituents is 1. The van der Waals surface area contributed by atoms with Gasteiger partial charge in [-0.05, 0) is 36.2 Å². The van der Waals surface area contributed by atoms with Gasteiger partial charge in [-0.15, -0.1) is 0 Å². The number of phenols is 1. The van der Waals surface area contributed by atoms with Crippen LogP contribution < -0.4 is 15.1 Å². The summed E-state index contributed by atoms with van der Waals surface area (Å²) in [6, 6.07) is 9.89. The molecule has 1 saturated heterocycles. The molecule has 4 rings (SSSR count). The topological polar surface area (TPSA) is 196 Å². The zero-order chi connectivity index (χ0) is 26.0. The highest BCUT2D eigenvalue weighted by molar-refractivity contribution is 5.85. The lowest BCUT2D eigenvalue weighted by atomic mass is 9.99. The van der Waals surface area contributed by atoms with E-state index in [1.165, 1.54) is 42.5 Å². The fraction of sp³-hybridized carbons (Fsp3) is 0.333. The Hall–Kier alpha value is -3.68. The van der Waals surface area contributed by atoms with Gasteiger partial charge in [-0.3, -0.25) is 4.79 Å². The minimum absolute atomic E-state index is 0.00569. The maximum absolute atomic E-state index is 11.7. The van der Waals surface area contributed by atoms with Crippen LogP contribution in [0.5, 0.6) is 23.0 Å². The van der Waals surface area contributed by atoms with E-state index in [1.54, 1.807) is 0 Å². The van der Waals surface area contributed by atoms with Crippen LogP contribution in [0.1, 0.15) is 12.0 Å². The number of ether oxygens (including phenoxy) is 3. The molecule has 2 aromatic carbocycles. The van der Waals surface area contributed by atoms with Gasteiger partial charge >= 0.3 is 11.6 Å². The summed E-state index contributed by atoms with van der Waals surface area (Å²) in [5, 5.41) is 59.7. The Morgan fingerprint density at radius 3 is 2.47 bits per heavy atom. The summed E-state index contributed by atoms with van der Waals surface area (Å²) in [6.45, 7) is -0.661. The quantitative estimate of drug-likeness (QED) is 0.233. The third-order valence-electron chi connectivity index (χ3n) is 5.68. The largest absolute Gasteiger partial charge is 0.504 e. The fourth-order valence-electron chi connectivity index (χ4n) is 3.76. The number of aliphatic carboxylic acids is 1. The van der Waals surface area contributed by atoms with Gasteiger partial charge in [-0.25, -0.2) is 4.79 Å². The highest BCUT2D eigenvalue weighted by atomic mass is 16.7. The smallest absolute Gasteiger partial charge is 0.336 e. The molecule has 1 aliphatic heterocycles. The number of carboxylic acids is 1. The molecule has 0 amide bonds. The second kappa shape index (κ2) is 10.5. The van der Waals surface area contributed by atoms with Crippen molar-refractivity contribution in [1.82, 2.24) is 0 Å². The molecule has 0 unspecified atom stereocenters. The van der Waals surface area contributed by atoms with Crippen LogP contribution in [0.4, 0.5) is 0 Å². The van der Waals surface area contributed by atoms with Crippen LogP contribution in [-0.2, 0) is 16.0 Å². The summed E-state index contributed by atoms with van der Waals surface area (Å²) in [4.78, 5) is 22.8. The Kier molecular flexibility index (Phi) is 7.43. The first kappa shape index (κ1) is 25.4. The maximum atomic E-state index is 11.7. The van der Waals surface area contributed by atoms with E-state index in [1.807, 2.05) is 0 Å². The van der Waals surface area contributed by atoms with Gasteiger partial charge in [0.1, 0.15) is 35.9 Å². The summed E-state index contributed by atoms with van der Waals surface area (Å²) >= 11 is 0. The molecule has 0 spiro atoms. The molecule has 0 saturated carbocycles. The molecular formula is C24H24O12. The molecule has 0 radical (unpaired) electrons. The van der Waals surface area contributed by atoms with Crippen molar-refractivity contribution >= 4 is 16.9 Å². The summed E-state index contributed by atoms with van der Waals surface area (Å²) in [5.41, 5.74) is -0.280. The van der Waals surface area contributed by atoms with Crippen LogP contribution in [0.3, 0.4) is 0 Å². The molecule has 0 bridgehead atoms. The van der Waals surface area contributed by atoms with Gasteiger partial charge < -0.3 is 49.3 Å². The van der Waals surface area contributed by atoms with Gasteiger partial charge in [0, 0.05) is 23.9 Å². The van der Waals surface area contributed by atoms with E-state index < -0.39 is 48.9 Å². The van der Waals surface area contributed by atoms with Crippen molar-refractivity contribution in [2.24, 2.45) is 0 Å². The molecule has 12 heteroatoms. The molecule has 2 heterocycles. The van der Waals surface area contributed by atoms with E-state index in [0.29, 0.717) is 10.9 Å². The fourth-order valence-corrected chi connectivity index (χ4v) is 3.76. The second-order valence-electron chi connectivity index (χ2n) is 8.17. The predicted octanol–water partition coefficient (Wildman–Crippen LogP) is 0.487. The first-order valence-electron chi connectivity index (χ1n) is 10.9. The number of aliphatic hydroxyl groups is 4. The van der Waals surface area contributed by atoms with E-state index in [0.717, 1.165) is 0 Å². The zero-order valence-electron chi connectivity index (χ0n) is 18.7. The monoisotopic (exact) mass is 504 g/mol. The number of aryl methyl sites for hydroxylation is 1. The number of rotatable bonds is 8. The molecule has 3 aromatic rings. The average Bonchev–Trinajstić information content (AvgIpc) is 2.85. The molecule has 12 nitrogen and oxygen atoms in total. The summed E-state index contributed by atoms with van der Waals surface area (Å²) < 4.78 is 22.1. The van der Waals surface area contributed by atoms with Crippen LogP contribution in [0, 0.1) is 0 Å². The second-order valence-corrected chi connectivity index (χ2v) is 8.17. The van der Waals surface area contributed by atoms with Gasteiger partial charge in [-0.2, -0.15) is 0 Å². The van der Waals surface area contributed by atoms with Gasteiger partial charge in [0.2, 0.25) is 12.0 Å². The minimum Gasteiger partial charge on any atom is -0.504 e. The number of aliphatic hydroxyl groups excluding tert-OH is 4. The Bertz CT molecular complexity index is 1300. The van der Waals surface area contributed by atoms with Crippen molar-refractivity contribution in [2.45, 2.75) is 43.5 Å². The normalized spacial score (nSPS) is 23.9. The van der Waals surface area contributed by atoms with Gasteiger partial charge in [0.15, 0.2) is 11.3 Å². The first-order chi connectivity index (χ1) is 17.2. The van der Waals surface area contributed by atoms with Crippen molar-refractivity contribution < 1.29 is 54.1 Å². The van der Waals surface area contributed by atoms with Crippen LogP contribution in [0.2, 0.25) is 0 Å². The number of hydrogen-bond donors (Lipinski definition) is 6. The van der Waals surface area contributed by atoms with Crippen LogP contribution >= 0.6 is 0 Å². The van der Waals surface area contributed by atoms with Gasteiger partial charge in [-0.1, -0.05) is 6.07 Å². The number of carbonyl (C=O) groups is 1. The summed E-state index contributed by atoms with van der Waals surface area (Å²) in [6.07, 6.45) is -7.93. The Morgan fingerprint density at radius 2 is 1.75 bits per heavy atom. The number of benzene rings is 2. The molecule has 1 aliphatic rings. The third-order valence-corrected chi connectivity index (χ3v) is 5.68. The van der Waals surface area contributed by atoms with E-state index in [-0.39, 0.29) is 41.4 Å². The van der Waals surface area contributed by atoms with Crippen molar-refractivity contribution in [3.05, 3.63) is 58.4 Å². The number of aromatic hydroxyl groups is 1. The van der Waals surface area contributed by atoms with Crippen molar-refractivity contribution in [1.29, 1.82) is 0 Å². The number of fused-ring (bicyclic) bond motifs is 1. The van der Waals surface area contributed by atoms with E-state index in [4.69, 9.17) is 23.7 Å². The SMILES string of the molecule is O=C(O)CCc1ccc(Oc2c(O)ccc3ccc(=O)oc23)cc1O[C@@H]1O[C@H](CO)[C@@H](O)[C@H](O)[C@H]1O. The predicted molar refractivity (Wildman–Crippen MR) is 121 cm³/mol. The highest BCUT2D eigenvalue weighted by Crippen LogP contribution is 2.39. The Labute approximate surface area is 203 Å². The van der Waals surface area contributed by atoms with Crippen LogP contribution in [0.25, 0.3) is 11.0 Å². The van der Waals surface area contributed by atoms with Crippen molar-refractivity contribution in [3.8, 4) is 23.0 Å². The maximum Gasteiger partial charge on any atom is 0.336 e. The molecule has 6 N–H and O–H groups in total. The summed E-state index contributed by atoms with van der Waals surface area (Å²) in [7, 11) is 0. The first-order valence-corrected chi connectivity index (χ1v) is 10.9. The number of hydrogen-bond acceptors (Lipinski definition) is 11. The van der Waals surface area contributed by atoms with Crippen molar-refractivity contribution in [3.63, 3.8) is 0 Å². The molecule has 36 heavy (non-hydrogen) atoms. The van der Waals surface area contributed by atoms with E-state index in [2.05, 4.69) is 0 Å². The van der Waals surface area contributed by atoms with Crippen molar-refractivity contribution in [2.75, 3.05) is 6.61 Å². The summed E-state index contributed by atoms with van der Waals surface area (Å²) in [5.74, 6) is -1.43. The molecule has 5 atom stereocenters. The Balaban J connectivity index is 1.69. The standard InChI is InChI=1S/C24H24O12/c25-10-16-19(30)20(31)21(32)24(35-16)34-15-9-13(5-1-11(15)3-7-17(27)28)33-23-14(26)6-2-12-4-8-18(29)36-22(12)23/h1-2,4-6,8-9,16,19-21,24-26,30-32H,3,7,10H2,(H,27,28)/t16-,19-,20+,21-,24-/m1/s1. The van der Waals surface area contributed by atoms with E-state index >= 15 is 0 Å². The van der Waals surface area contributed by atoms with Gasteiger partial charge in [0.25, 0.3) is 0 Å². The average molecular weight is 504 g/mol. The molecule has 192 valence electrons. The lowest BCUT2D eigenvalue weighted by Crippen LogP contribution is -2.60.